The minimum atomic E-state index is -0.318. The van der Waals surface area contributed by atoms with Crippen molar-refractivity contribution < 1.29 is 14.3 Å². The summed E-state index contributed by atoms with van der Waals surface area (Å²) in [6, 6.07) is 20.9. The van der Waals surface area contributed by atoms with Crippen molar-refractivity contribution in [2.24, 2.45) is 0 Å². The standard InChI is InChI=1S/C44H58N4O4/c1-2-3-4-5-6-7-8-9-10-11-14-22-38-32-40(49)46-33-48(38)47-44(51)45-30-15-12-13-16-31-52-41(50)23-18-19-34-24-25-37-27-26-35-20-17-21-36-28-29-39(34)43(37)42(35)36/h17,20-21,24-29,32-33H,2-16,18-19,22-23,30-31H2,1H3,(H2,45,47,51). The zero-order valence-corrected chi connectivity index (χ0v) is 31.2. The highest BCUT2D eigenvalue weighted by atomic mass is 16.5. The summed E-state index contributed by atoms with van der Waals surface area (Å²) in [6.07, 6.45) is 21.5. The maximum Gasteiger partial charge on any atom is 0.333 e. The summed E-state index contributed by atoms with van der Waals surface area (Å²) < 4.78 is 7.08. The fraction of sp³-hybridized carbons (Fsp3) is 0.500. The van der Waals surface area contributed by atoms with Crippen molar-refractivity contribution in [3.63, 3.8) is 0 Å². The molecule has 4 aromatic carbocycles. The molecule has 0 fully saturated rings. The van der Waals surface area contributed by atoms with Gasteiger partial charge >= 0.3 is 12.0 Å². The van der Waals surface area contributed by atoms with Crippen LogP contribution in [0, 0.1) is 0 Å². The monoisotopic (exact) mass is 706 g/mol. The van der Waals surface area contributed by atoms with Gasteiger partial charge in [0, 0.05) is 24.7 Å². The van der Waals surface area contributed by atoms with Gasteiger partial charge in [-0.25, -0.2) is 14.9 Å². The van der Waals surface area contributed by atoms with Crippen LogP contribution in [0.15, 0.2) is 71.8 Å². The number of esters is 1. The van der Waals surface area contributed by atoms with Gasteiger partial charge in [0.05, 0.1) is 6.61 Å². The van der Waals surface area contributed by atoms with Crippen LogP contribution < -0.4 is 16.3 Å². The largest absolute Gasteiger partial charge is 0.466 e. The van der Waals surface area contributed by atoms with Gasteiger partial charge in [-0.05, 0) is 82.8 Å². The van der Waals surface area contributed by atoms with E-state index in [0.717, 1.165) is 63.5 Å². The first-order chi connectivity index (χ1) is 25.5. The minimum absolute atomic E-state index is 0.143. The Morgan fingerprint density at radius 1 is 0.692 bits per heavy atom. The topological polar surface area (TPSA) is 102 Å². The third kappa shape index (κ3) is 11.8. The number of unbranched alkanes of at least 4 members (excludes halogenated alkanes) is 13. The Morgan fingerprint density at radius 2 is 1.33 bits per heavy atom. The zero-order valence-electron chi connectivity index (χ0n) is 31.2. The Hall–Kier alpha value is -4.46. The second-order valence-electron chi connectivity index (χ2n) is 14.3. The maximum atomic E-state index is 12.5. The molecule has 5 aromatic rings. The lowest BCUT2D eigenvalue weighted by atomic mass is 9.90. The second-order valence-corrected chi connectivity index (χ2v) is 14.3. The number of ether oxygens (including phenoxy) is 1. The van der Waals surface area contributed by atoms with Crippen molar-refractivity contribution in [3.8, 4) is 0 Å². The van der Waals surface area contributed by atoms with Crippen LogP contribution in [0.2, 0.25) is 0 Å². The molecule has 0 radical (unpaired) electrons. The van der Waals surface area contributed by atoms with Gasteiger partial charge in [0.1, 0.15) is 6.33 Å². The molecule has 2 amide bonds. The van der Waals surface area contributed by atoms with Crippen LogP contribution >= 0.6 is 0 Å². The van der Waals surface area contributed by atoms with Crippen LogP contribution in [0.5, 0.6) is 0 Å². The maximum absolute atomic E-state index is 12.5. The average Bonchev–Trinajstić information content (AvgIpc) is 3.15. The molecule has 0 saturated heterocycles. The van der Waals surface area contributed by atoms with Crippen molar-refractivity contribution in [3.05, 3.63) is 88.6 Å². The molecule has 0 spiro atoms. The third-order valence-electron chi connectivity index (χ3n) is 10.2. The summed E-state index contributed by atoms with van der Waals surface area (Å²) >= 11 is 0. The Kier molecular flexibility index (Phi) is 15.8. The number of nitrogens with zero attached hydrogens (tertiary/aromatic N) is 2. The number of hydrogen-bond acceptors (Lipinski definition) is 5. The number of carbonyl (C=O) groups is 2. The Labute approximate surface area is 309 Å². The molecular weight excluding hydrogens is 649 g/mol. The van der Waals surface area contributed by atoms with Gasteiger partial charge < -0.3 is 10.1 Å². The van der Waals surface area contributed by atoms with Gasteiger partial charge in [-0.2, -0.15) is 4.98 Å². The molecule has 278 valence electrons. The van der Waals surface area contributed by atoms with Crippen molar-refractivity contribution in [2.45, 2.75) is 129 Å². The fourth-order valence-corrected chi connectivity index (χ4v) is 7.33. The summed E-state index contributed by atoms with van der Waals surface area (Å²) in [7, 11) is 0. The summed E-state index contributed by atoms with van der Waals surface area (Å²) in [5.74, 6) is -0.143. The lowest BCUT2D eigenvalue weighted by molar-refractivity contribution is -0.143. The minimum Gasteiger partial charge on any atom is -0.466 e. The molecule has 0 atom stereocenters. The van der Waals surface area contributed by atoms with Gasteiger partial charge in [0.2, 0.25) is 0 Å². The van der Waals surface area contributed by atoms with E-state index in [-0.39, 0.29) is 17.6 Å². The van der Waals surface area contributed by atoms with E-state index in [2.05, 4.69) is 77.2 Å². The SMILES string of the molecule is CCCCCCCCCCCCCc1cc(=O)ncn1NC(=O)NCCCCCCOC(=O)CCCc1ccc2ccc3cccc4ccc1c2c34. The van der Waals surface area contributed by atoms with Crippen LogP contribution in [0.3, 0.4) is 0 Å². The number of aryl methyl sites for hydroxylation is 2. The van der Waals surface area contributed by atoms with E-state index in [0.29, 0.717) is 19.6 Å². The molecule has 52 heavy (non-hydrogen) atoms. The highest BCUT2D eigenvalue weighted by molar-refractivity contribution is 6.23. The summed E-state index contributed by atoms with van der Waals surface area (Å²) in [5, 5.41) is 10.6. The van der Waals surface area contributed by atoms with Crippen molar-refractivity contribution in [2.75, 3.05) is 18.6 Å². The molecule has 0 unspecified atom stereocenters. The lowest BCUT2D eigenvalue weighted by Crippen LogP contribution is -2.36. The number of carbonyl (C=O) groups excluding carboxylic acids is 2. The molecule has 0 saturated carbocycles. The van der Waals surface area contributed by atoms with Crippen molar-refractivity contribution in [1.82, 2.24) is 15.0 Å². The first-order valence-electron chi connectivity index (χ1n) is 20.0. The first-order valence-corrected chi connectivity index (χ1v) is 20.0. The molecule has 5 rings (SSSR count). The summed E-state index contributed by atoms with van der Waals surface area (Å²) in [4.78, 5) is 40.7. The van der Waals surface area contributed by atoms with Gasteiger partial charge in [-0.3, -0.25) is 9.59 Å². The van der Waals surface area contributed by atoms with E-state index in [9.17, 15) is 14.4 Å². The van der Waals surface area contributed by atoms with E-state index in [1.165, 1.54) is 108 Å². The van der Waals surface area contributed by atoms with Crippen LogP contribution in [-0.2, 0) is 22.4 Å². The number of aromatic nitrogens is 2. The fourth-order valence-electron chi connectivity index (χ4n) is 7.33. The highest BCUT2D eigenvalue weighted by Crippen LogP contribution is 2.36. The Bertz CT molecular complexity index is 1890. The molecule has 2 N–H and O–H groups in total. The number of urea groups is 1. The van der Waals surface area contributed by atoms with Gasteiger partial charge in [0.15, 0.2) is 0 Å². The van der Waals surface area contributed by atoms with Crippen molar-refractivity contribution >= 4 is 44.3 Å². The Morgan fingerprint density at radius 3 is 2.08 bits per heavy atom. The molecule has 0 aliphatic heterocycles. The number of nitrogens with one attached hydrogen (secondary N) is 2. The quantitative estimate of drug-likeness (QED) is 0.0378. The van der Waals surface area contributed by atoms with E-state index in [1.54, 1.807) is 4.68 Å². The molecule has 1 heterocycles. The molecule has 0 aliphatic rings. The third-order valence-corrected chi connectivity index (χ3v) is 10.2. The second kappa shape index (κ2) is 21.2. The number of rotatable bonds is 24. The number of hydrogen-bond donors (Lipinski definition) is 2. The van der Waals surface area contributed by atoms with Gasteiger partial charge in [-0.1, -0.05) is 132 Å². The van der Waals surface area contributed by atoms with Gasteiger partial charge in [0.25, 0.3) is 5.56 Å². The number of benzene rings is 4. The smallest absolute Gasteiger partial charge is 0.333 e. The van der Waals surface area contributed by atoms with E-state index < -0.39 is 0 Å². The number of amides is 2. The predicted octanol–water partition coefficient (Wildman–Crippen LogP) is 10.4. The zero-order chi connectivity index (χ0) is 36.4. The van der Waals surface area contributed by atoms with E-state index >= 15 is 0 Å². The van der Waals surface area contributed by atoms with Crippen LogP contribution in [0.1, 0.15) is 127 Å². The average molecular weight is 707 g/mol. The van der Waals surface area contributed by atoms with Crippen LogP contribution in [0.4, 0.5) is 4.79 Å². The normalized spacial score (nSPS) is 11.5. The van der Waals surface area contributed by atoms with Crippen LogP contribution in [-0.4, -0.2) is 34.8 Å². The molecule has 8 nitrogen and oxygen atoms in total. The molecular formula is C44H58N4O4. The summed E-state index contributed by atoms with van der Waals surface area (Å²) in [6.45, 7) is 3.21. The molecule has 1 aromatic heterocycles. The molecule has 0 aliphatic carbocycles. The molecule has 8 heteroatoms. The molecule has 0 bridgehead atoms. The predicted molar refractivity (Wildman–Crippen MR) is 214 cm³/mol. The lowest BCUT2D eigenvalue weighted by Gasteiger charge is -2.14. The van der Waals surface area contributed by atoms with E-state index in [4.69, 9.17) is 4.74 Å². The summed E-state index contributed by atoms with van der Waals surface area (Å²) in [5.41, 5.74) is 4.56. The van der Waals surface area contributed by atoms with Gasteiger partial charge in [-0.15, -0.1) is 0 Å². The van der Waals surface area contributed by atoms with Crippen LogP contribution in [0.25, 0.3) is 32.3 Å². The van der Waals surface area contributed by atoms with Crippen molar-refractivity contribution in [1.29, 1.82) is 0 Å². The first kappa shape index (κ1) is 38.8. The van der Waals surface area contributed by atoms with E-state index in [1.807, 2.05) is 0 Å². The highest BCUT2D eigenvalue weighted by Gasteiger charge is 2.12. The Balaban J connectivity index is 0.897.